The van der Waals surface area contributed by atoms with Gasteiger partial charge in [-0.1, -0.05) is 18.3 Å². The molecule has 1 aromatic heterocycles. The molecule has 1 amide bonds. The molecule has 3 aromatic rings. The molecular formula is C27H33ClF2N4O4S2. The number of benzene rings is 2. The van der Waals surface area contributed by atoms with Crippen molar-refractivity contribution in [3.63, 3.8) is 0 Å². The topological polar surface area (TPSA) is 83.1 Å². The summed E-state index contributed by atoms with van der Waals surface area (Å²) >= 11 is 1.05. The van der Waals surface area contributed by atoms with E-state index in [4.69, 9.17) is 4.74 Å². The van der Waals surface area contributed by atoms with Crippen LogP contribution in [0.2, 0.25) is 0 Å². The molecule has 2 fully saturated rings. The summed E-state index contributed by atoms with van der Waals surface area (Å²) in [5.74, 6) is -1.37. The Morgan fingerprint density at radius 2 is 1.77 bits per heavy atom. The monoisotopic (exact) mass is 614 g/mol. The SMILES string of the molecule is CC1CCN(S(=O)(=O)c2ccc(C(=O)N(CCCN3CCOCC3)c3nc4c(F)cc(F)cc4s3)cc2)CC1.Cl. The Bertz CT molecular complexity index is 1420. The Balaban J connectivity index is 0.00000370. The first kappa shape index (κ1) is 30.7. The van der Waals surface area contributed by atoms with E-state index in [-0.39, 0.29) is 33.9 Å². The second-order valence-corrected chi connectivity index (χ2v) is 13.1. The van der Waals surface area contributed by atoms with Crippen LogP contribution in [0, 0.1) is 17.6 Å². The average molecular weight is 615 g/mol. The summed E-state index contributed by atoms with van der Waals surface area (Å²) in [5, 5.41) is 0.264. The molecule has 0 aliphatic carbocycles. The van der Waals surface area contributed by atoms with Crippen LogP contribution in [0.1, 0.15) is 36.5 Å². The van der Waals surface area contributed by atoms with Crippen LogP contribution < -0.4 is 4.90 Å². The van der Waals surface area contributed by atoms with Crippen molar-refractivity contribution < 1.29 is 26.7 Å². The number of ether oxygens (including phenoxy) is 1. The largest absolute Gasteiger partial charge is 0.379 e. The van der Waals surface area contributed by atoms with Gasteiger partial charge in [0.25, 0.3) is 5.91 Å². The predicted molar refractivity (Wildman–Crippen MR) is 154 cm³/mol. The van der Waals surface area contributed by atoms with Gasteiger partial charge < -0.3 is 4.74 Å². The fourth-order valence-electron chi connectivity index (χ4n) is 4.92. The minimum atomic E-state index is -3.65. The van der Waals surface area contributed by atoms with Gasteiger partial charge in [-0.2, -0.15) is 4.31 Å². The number of nitrogens with zero attached hydrogens (tertiary/aromatic N) is 4. The van der Waals surface area contributed by atoms with E-state index in [0.29, 0.717) is 55.5 Å². The van der Waals surface area contributed by atoms with Crippen molar-refractivity contribution in [2.24, 2.45) is 5.92 Å². The number of amides is 1. The number of hydrogen-bond acceptors (Lipinski definition) is 7. The number of anilines is 1. The lowest BCUT2D eigenvalue weighted by molar-refractivity contribution is 0.0376. The second kappa shape index (κ2) is 13.2. The Kier molecular flexibility index (Phi) is 10.1. The molecule has 2 aliphatic heterocycles. The Hall–Kier alpha value is -2.22. The van der Waals surface area contributed by atoms with Gasteiger partial charge in [0.15, 0.2) is 10.9 Å². The van der Waals surface area contributed by atoms with E-state index in [1.165, 1.54) is 39.5 Å². The molecule has 0 saturated carbocycles. The molecule has 0 atom stereocenters. The summed E-state index contributed by atoms with van der Waals surface area (Å²) in [7, 11) is -3.65. The van der Waals surface area contributed by atoms with Crippen molar-refractivity contribution in [1.29, 1.82) is 0 Å². The number of carbonyl (C=O) groups is 1. The number of thiazole rings is 1. The molecule has 0 unspecified atom stereocenters. The van der Waals surface area contributed by atoms with Crippen LogP contribution in [-0.2, 0) is 14.8 Å². The molecule has 13 heteroatoms. The van der Waals surface area contributed by atoms with Gasteiger partial charge in [-0.3, -0.25) is 14.6 Å². The number of rotatable bonds is 8. The van der Waals surface area contributed by atoms with Crippen LogP contribution in [0.15, 0.2) is 41.3 Å². The fourth-order valence-corrected chi connectivity index (χ4v) is 7.42. The van der Waals surface area contributed by atoms with Crippen LogP contribution in [0.3, 0.4) is 0 Å². The summed E-state index contributed by atoms with van der Waals surface area (Å²) in [6, 6.07) is 7.91. The molecule has 0 bridgehead atoms. The molecule has 0 N–H and O–H groups in total. The van der Waals surface area contributed by atoms with E-state index in [1.54, 1.807) is 0 Å². The molecule has 2 saturated heterocycles. The van der Waals surface area contributed by atoms with Gasteiger partial charge in [-0.25, -0.2) is 22.2 Å². The van der Waals surface area contributed by atoms with Crippen molar-refractivity contribution in [2.75, 3.05) is 57.4 Å². The van der Waals surface area contributed by atoms with E-state index >= 15 is 0 Å². The zero-order chi connectivity index (χ0) is 27.6. The molecule has 3 heterocycles. The Morgan fingerprint density at radius 3 is 2.45 bits per heavy atom. The lowest BCUT2D eigenvalue weighted by atomic mass is 10.0. The highest BCUT2D eigenvalue weighted by Gasteiger charge is 2.29. The van der Waals surface area contributed by atoms with Crippen molar-refractivity contribution in [3.8, 4) is 0 Å². The van der Waals surface area contributed by atoms with E-state index in [0.717, 1.165) is 49.9 Å². The summed E-state index contributed by atoms with van der Waals surface area (Å²) in [4.78, 5) is 21.9. The third kappa shape index (κ3) is 6.80. The quantitative estimate of drug-likeness (QED) is 0.363. The van der Waals surface area contributed by atoms with Gasteiger partial charge in [-0.05, 0) is 55.5 Å². The van der Waals surface area contributed by atoms with Crippen LogP contribution >= 0.6 is 23.7 Å². The molecular weight excluding hydrogens is 582 g/mol. The molecule has 218 valence electrons. The zero-order valence-corrected chi connectivity index (χ0v) is 24.7. The molecule has 2 aromatic carbocycles. The third-order valence-corrected chi connectivity index (χ3v) is 10.3. The first-order valence-electron chi connectivity index (χ1n) is 13.2. The number of halogens is 3. The summed E-state index contributed by atoms with van der Waals surface area (Å²) < 4.78 is 61.7. The maximum absolute atomic E-state index is 14.4. The number of morpholine rings is 1. The van der Waals surface area contributed by atoms with Crippen LogP contribution in [0.5, 0.6) is 0 Å². The van der Waals surface area contributed by atoms with Crippen molar-refractivity contribution in [3.05, 3.63) is 53.6 Å². The predicted octanol–water partition coefficient (Wildman–Crippen LogP) is 4.79. The molecule has 0 radical (unpaired) electrons. The first-order chi connectivity index (χ1) is 18.7. The van der Waals surface area contributed by atoms with Crippen LogP contribution in [-0.4, -0.2) is 81.0 Å². The van der Waals surface area contributed by atoms with Gasteiger partial charge in [0.1, 0.15) is 11.3 Å². The minimum absolute atomic E-state index is 0. The molecule has 0 spiro atoms. The van der Waals surface area contributed by atoms with E-state index < -0.39 is 21.7 Å². The highest BCUT2D eigenvalue weighted by Crippen LogP contribution is 2.32. The smallest absolute Gasteiger partial charge is 0.260 e. The lowest BCUT2D eigenvalue weighted by Gasteiger charge is -2.29. The number of piperidine rings is 1. The maximum Gasteiger partial charge on any atom is 0.260 e. The van der Waals surface area contributed by atoms with Gasteiger partial charge >= 0.3 is 0 Å². The average Bonchev–Trinajstić information content (AvgIpc) is 3.36. The maximum atomic E-state index is 14.4. The fraction of sp³-hybridized carbons (Fsp3) is 0.481. The van der Waals surface area contributed by atoms with Crippen molar-refractivity contribution >= 4 is 55.0 Å². The number of hydrogen-bond donors (Lipinski definition) is 0. The summed E-state index contributed by atoms with van der Waals surface area (Å²) in [6.07, 6.45) is 2.28. The molecule has 2 aliphatic rings. The van der Waals surface area contributed by atoms with Gasteiger partial charge in [0.05, 0.1) is 22.8 Å². The van der Waals surface area contributed by atoms with E-state index in [2.05, 4.69) is 16.8 Å². The number of carbonyl (C=O) groups excluding carboxylic acids is 1. The first-order valence-corrected chi connectivity index (χ1v) is 15.5. The highest BCUT2D eigenvalue weighted by molar-refractivity contribution is 7.89. The Labute approximate surface area is 243 Å². The van der Waals surface area contributed by atoms with Crippen molar-refractivity contribution in [2.45, 2.75) is 31.1 Å². The second-order valence-electron chi connectivity index (χ2n) is 10.1. The normalized spacial score (nSPS) is 17.6. The number of fused-ring (bicyclic) bond motifs is 1. The number of aromatic nitrogens is 1. The summed E-state index contributed by atoms with van der Waals surface area (Å²) in [5.41, 5.74) is 0.304. The number of sulfonamides is 1. The highest BCUT2D eigenvalue weighted by atomic mass is 35.5. The minimum Gasteiger partial charge on any atom is -0.379 e. The molecule has 8 nitrogen and oxygen atoms in total. The lowest BCUT2D eigenvalue weighted by Crippen LogP contribution is -2.39. The van der Waals surface area contributed by atoms with Crippen LogP contribution in [0.4, 0.5) is 13.9 Å². The zero-order valence-electron chi connectivity index (χ0n) is 22.2. The standard InChI is InChI=1S/C27H32F2N4O4S2.ClH/c1-19-7-11-32(12-8-19)39(35,36)22-5-3-20(4-6-22)26(34)33(10-2-9-31-13-15-37-16-14-31)27-30-25-23(29)17-21(28)18-24(25)38-27;/h3-6,17-19H,2,7-16H2,1H3;1H. The summed E-state index contributed by atoms with van der Waals surface area (Å²) in [6.45, 7) is 7.09. The van der Waals surface area contributed by atoms with E-state index in [1.807, 2.05) is 0 Å². The van der Waals surface area contributed by atoms with Crippen LogP contribution in [0.25, 0.3) is 10.2 Å². The third-order valence-electron chi connectivity index (χ3n) is 7.32. The van der Waals surface area contributed by atoms with Gasteiger partial charge in [0, 0.05) is 50.9 Å². The van der Waals surface area contributed by atoms with Gasteiger partial charge in [-0.15, -0.1) is 12.4 Å². The molecule has 40 heavy (non-hydrogen) atoms. The Morgan fingerprint density at radius 1 is 1.10 bits per heavy atom. The van der Waals surface area contributed by atoms with Crippen molar-refractivity contribution in [1.82, 2.24) is 14.2 Å². The van der Waals surface area contributed by atoms with E-state index in [9.17, 15) is 22.0 Å². The molecule has 5 rings (SSSR count). The van der Waals surface area contributed by atoms with Gasteiger partial charge in [0.2, 0.25) is 10.0 Å².